The highest BCUT2D eigenvalue weighted by atomic mass is 19.1. The largest absolute Gasteiger partial charge is 0.385 e. The number of aryl methyl sites for hydroxylation is 1. The number of rotatable bonds is 4. The van der Waals surface area contributed by atoms with Crippen LogP contribution in [0.4, 0.5) is 14.9 Å². The summed E-state index contributed by atoms with van der Waals surface area (Å²) in [5.41, 5.74) is 0.935. The SMILES string of the molecule is COCC[C@H]1COCCN1C(=O)Nc1c(C)cccc1F. The first-order valence-electron chi connectivity index (χ1n) is 7.03. The fourth-order valence-electron chi connectivity index (χ4n) is 2.38. The summed E-state index contributed by atoms with van der Waals surface area (Å²) in [4.78, 5) is 14.1. The van der Waals surface area contributed by atoms with Crippen LogP contribution in [0.5, 0.6) is 0 Å². The number of urea groups is 1. The molecule has 0 unspecified atom stereocenters. The number of amides is 2. The van der Waals surface area contributed by atoms with Crippen LogP contribution in [0.15, 0.2) is 18.2 Å². The molecule has 1 aromatic carbocycles. The van der Waals surface area contributed by atoms with Crippen LogP contribution in [0, 0.1) is 12.7 Å². The molecular weight excluding hydrogens is 275 g/mol. The molecule has 116 valence electrons. The third-order valence-electron chi connectivity index (χ3n) is 3.60. The maximum Gasteiger partial charge on any atom is 0.322 e. The van der Waals surface area contributed by atoms with E-state index in [2.05, 4.69) is 5.32 Å². The van der Waals surface area contributed by atoms with Gasteiger partial charge < -0.3 is 19.7 Å². The van der Waals surface area contributed by atoms with Crippen molar-refractivity contribution in [2.24, 2.45) is 0 Å². The summed E-state index contributed by atoms with van der Waals surface area (Å²) in [5, 5.41) is 2.67. The van der Waals surface area contributed by atoms with Crippen LogP contribution in [-0.4, -0.2) is 50.4 Å². The fourth-order valence-corrected chi connectivity index (χ4v) is 2.38. The Labute approximate surface area is 124 Å². The number of carbonyl (C=O) groups is 1. The van der Waals surface area contributed by atoms with E-state index in [1.54, 1.807) is 31.1 Å². The van der Waals surface area contributed by atoms with Crippen LogP contribution in [0.1, 0.15) is 12.0 Å². The normalized spacial score (nSPS) is 18.6. The molecule has 1 aromatic rings. The lowest BCUT2D eigenvalue weighted by Gasteiger charge is -2.35. The molecule has 0 radical (unpaired) electrons. The van der Waals surface area contributed by atoms with Gasteiger partial charge in [0.25, 0.3) is 0 Å². The molecular formula is C15H21FN2O3. The molecule has 2 amide bonds. The van der Waals surface area contributed by atoms with E-state index in [4.69, 9.17) is 9.47 Å². The monoisotopic (exact) mass is 296 g/mol. The number of para-hydroxylation sites is 1. The predicted octanol–water partition coefficient (Wildman–Crippen LogP) is 2.40. The molecule has 1 aliphatic rings. The molecule has 1 saturated heterocycles. The summed E-state index contributed by atoms with van der Waals surface area (Å²) >= 11 is 0. The lowest BCUT2D eigenvalue weighted by atomic mass is 10.1. The van der Waals surface area contributed by atoms with Crippen LogP contribution < -0.4 is 5.32 Å². The molecule has 1 atom stereocenters. The molecule has 1 aliphatic heterocycles. The first-order valence-corrected chi connectivity index (χ1v) is 7.03. The molecule has 0 aromatic heterocycles. The Morgan fingerprint density at radius 2 is 2.38 bits per heavy atom. The van der Waals surface area contributed by atoms with Gasteiger partial charge in [-0.2, -0.15) is 0 Å². The van der Waals surface area contributed by atoms with Gasteiger partial charge in [0.1, 0.15) is 5.82 Å². The first kappa shape index (κ1) is 15.7. The topological polar surface area (TPSA) is 50.8 Å². The van der Waals surface area contributed by atoms with Crippen molar-refractivity contribution in [3.63, 3.8) is 0 Å². The smallest absolute Gasteiger partial charge is 0.322 e. The number of halogens is 1. The van der Waals surface area contributed by atoms with Crippen molar-refractivity contribution in [3.8, 4) is 0 Å². The van der Waals surface area contributed by atoms with Crippen molar-refractivity contribution < 1.29 is 18.7 Å². The Morgan fingerprint density at radius 1 is 1.57 bits per heavy atom. The molecule has 0 bridgehead atoms. The molecule has 1 N–H and O–H groups in total. The summed E-state index contributed by atoms with van der Waals surface area (Å²) < 4.78 is 24.3. The number of benzene rings is 1. The Balaban J connectivity index is 2.07. The number of hydrogen-bond acceptors (Lipinski definition) is 3. The van der Waals surface area contributed by atoms with Gasteiger partial charge in [0.15, 0.2) is 0 Å². The third-order valence-corrected chi connectivity index (χ3v) is 3.60. The lowest BCUT2D eigenvalue weighted by Crippen LogP contribution is -2.50. The minimum Gasteiger partial charge on any atom is -0.385 e. The van der Waals surface area contributed by atoms with E-state index in [-0.39, 0.29) is 17.8 Å². The van der Waals surface area contributed by atoms with Gasteiger partial charge in [-0.15, -0.1) is 0 Å². The Kier molecular flexibility index (Phi) is 5.52. The highest BCUT2D eigenvalue weighted by Crippen LogP contribution is 2.20. The van der Waals surface area contributed by atoms with Gasteiger partial charge in [-0.05, 0) is 25.0 Å². The minimum atomic E-state index is -0.426. The van der Waals surface area contributed by atoms with E-state index in [0.717, 1.165) is 0 Å². The van der Waals surface area contributed by atoms with Crippen LogP contribution in [0.3, 0.4) is 0 Å². The van der Waals surface area contributed by atoms with Gasteiger partial charge >= 0.3 is 6.03 Å². The molecule has 2 rings (SSSR count). The van der Waals surface area contributed by atoms with Crippen LogP contribution in [-0.2, 0) is 9.47 Å². The van der Waals surface area contributed by atoms with Crippen LogP contribution >= 0.6 is 0 Å². The van der Waals surface area contributed by atoms with Gasteiger partial charge in [-0.25, -0.2) is 9.18 Å². The second-order valence-corrected chi connectivity index (χ2v) is 5.07. The average Bonchev–Trinajstić information content (AvgIpc) is 2.49. The Bertz CT molecular complexity index is 476. The number of morpholine rings is 1. The van der Waals surface area contributed by atoms with Crippen molar-refractivity contribution >= 4 is 11.7 Å². The molecule has 0 spiro atoms. The maximum atomic E-state index is 13.8. The summed E-state index contributed by atoms with van der Waals surface area (Å²) in [6.45, 7) is 3.78. The summed E-state index contributed by atoms with van der Waals surface area (Å²) in [5.74, 6) is -0.426. The van der Waals surface area contributed by atoms with Crippen molar-refractivity contribution in [1.29, 1.82) is 0 Å². The van der Waals surface area contributed by atoms with Gasteiger partial charge in [0.05, 0.1) is 24.9 Å². The summed E-state index contributed by atoms with van der Waals surface area (Å²) in [6, 6.07) is 4.37. The van der Waals surface area contributed by atoms with Crippen molar-refractivity contribution in [2.75, 3.05) is 38.8 Å². The first-order chi connectivity index (χ1) is 10.1. The van der Waals surface area contributed by atoms with Crippen molar-refractivity contribution in [1.82, 2.24) is 4.90 Å². The molecule has 0 aliphatic carbocycles. The average molecular weight is 296 g/mol. The predicted molar refractivity (Wildman–Crippen MR) is 78.0 cm³/mol. The van der Waals surface area contributed by atoms with Crippen molar-refractivity contribution in [3.05, 3.63) is 29.6 Å². The zero-order chi connectivity index (χ0) is 15.2. The van der Waals surface area contributed by atoms with Crippen molar-refractivity contribution in [2.45, 2.75) is 19.4 Å². The van der Waals surface area contributed by atoms with E-state index in [9.17, 15) is 9.18 Å². The lowest BCUT2D eigenvalue weighted by molar-refractivity contribution is 0.00448. The van der Waals surface area contributed by atoms with E-state index >= 15 is 0 Å². The number of nitrogens with one attached hydrogen (secondary N) is 1. The number of hydrogen-bond donors (Lipinski definition) is 1. The zero-order valence-corrected chi connectivity index (χ0v) is 12.4. The second-order valence-electron chi connectivity index (χ2n) is 5.07. The zero-order valence-electron chi connectivity index (χ0n) is 12.4. The number of ether oxygens (including phenoxy) is 2. The van der Waals surface area contributed by atoms with Gasteiger partial charge in [-0.3, -0.25) is 0 Å². The number of methoxy groups -OCH3 is 1. The molecule has 1 heterocycles. The Morgan fingerprint density at radius 3 is 3.10 bits per heavy atom. The second kappa shape index (κ2) is 7.38. The third kappa shape index (κ3) is 3.92. The highest BCUT2D eigenvalue weighted by Gasteiger charge is 2.27. The minimum absolute atomic E-state index is 0.0502. The number of nitrogens with zero attached hydrogens (tertiary/aromatic N) is 1. The maximum absolute atomic E-state index is 13.8. The highest BCUT2D eigenvalue weighted by molar-refractivity contribution is 5.90. The van der Waals surface area contributed by atoms with E-state index < -0.39 is 5.82 Å². The van der Waals surface area contributed by atoms with Crippen LogP contribution in [0.25, 0.3) is 0 Å². The molecule has 21 heavy (non-hydrogen) atoms. The molecule has 0 saturated carbocycles. The van der Waals surface area contributed by atoms with E-state index in [0.29, 0.717) is 38.3 Å². The molecule has 1 fully saturated rings. The van der Waals surface area contributed by atoms with E-state index in [1.165, 1.54) is 6.07 Å². The van der Waals surface area contributed by atoms with Gasteiger partial charge in [0.2, 0.25) is 0 Å². The van der Waals surface area contributed by atoms with Gasteiger partial charge in [0, 0.05) is 20.3 Å². The van der Waals surface area contributed by atoms with Gasteiger partial charge in [-0.1, -0.05) is 12.1 Å². The Hall–Kier alpha value is -1.66. The van der Waals surface area contributed by atoms with E-state index in [1.807, 2.05) is 0 Å². The fraction of sp³-hybridized carbons (Fsp3) is 0.533. The standard InChI is InChI=1S/C15H21FN2O3/c1-11-4-3-5-13(16)14(11)17-15(19)18-7-9-21-10-12(18)6-8-20-2/h3-5,12H,6-10H2,1-2H3,(H,17,19)/t12-/m0/s1. The number of anilines is 1. The molecule has 5 nitrogen and oxygen atoms in total. The number of carbonyl (C=O) groups excluding carboxylic acids is 1. The quantitative estimate of drug-likeness (QED) is 0.928. The van der Waals surface area contributed by atoms with Crippen LogP contribution in [0.2, 0.25) is 0 Å². The summed E-state index contributed by atoms with van der Waals surface area (Å²) in [6.07, 6.45) is 0.695. The summed E-state index contributed by atoms with van der Waals surface area (Å²) in [7, 11) is 1.62. The molecule has 6 heteroatoms.